The van der Waals surface area contributed by atoms with Crippen molar-refractivity contribution in [3.05, 3.63) is 18.2 Å². The number of aromatic nitrogens is 2. The summed E-state index contributed by atoms with van der Waals surface area (Å²) in [6.45, 7) is 4.17. The van der Waals surface area contributed by atoms with Crippen LogP contribution in [0, 0.1) is 0 Å². The van der Waals surface area contributed by atoms with E-state index in [9.17, 15) is 4.79 Å². The van der Waals surface area contributed by atoms with E-state index in [0.29, 0.717) is 12.5 Å². The van der Waals surface area contributed by atoms with Crippen molar-refractivity contribution in [3.8, 4) is 0 Å². The maximum Gasteiger partial charge on any atom is 0.303 e. The van der Waals surface area contributed by atoms with Crippen molar-refractivity contribution in [2.24, 2.45) is 0 Å². The van der Waals surface area contributed by atoms with Crippen LogP contribution in [0.5, 0.6) is 0 Å². The third kappa shape index (κ3) is 2.87. The van der Waals surface area contributed by atoms with Gasteiger partial charge >= 0.3 is 5.97 Å². The molecule has 0 aliphatic heterocycles. The minimum Gasteiger partial charge on any atom is -0.481 e. The SMILES string of the molecule is CC(C)n1ccnc1CCCC(=O)O. The Morgan fingerprint density at radius 2 is 2.36 bits per heavy atom. The number of carboxylic acids is 1. The van der Waals surface area contributed by atoms with Gasteiger partial charge in [-0.3, -0.25) is 4.79 Å². The highest BCUT2D eigenvalue weighted by atomic mass is 16.4. The topological polar surface area (TPSA) is 55.1 Å². The second kappa shape index (κ2) is 4.79. The zero-order valence-corrected chi connectivity index (χ0v) is 8.60. The van der Waals surface area contributed by atoms with Gasteiger partial charge in [-0.15, -0.1) is 0 Å². The number of rotatable bonds is 5. The molecule has 1 heterocycles. The molecule has 0 aliphatic carbocycles. The predicted molar refractivity (Wildman–Crippen MR) is 53.2 cm³/mol. The molecule has 0 radical (unpaired) electrons. The van der Waals surface area contributed by atoms with Gasteiger partial charge in [0.05, 0.1) is 0 Å². The highest BCUT2D eigenvalue weighted by Crippen LogP contribution is 2.10. The molecule has 4 nitrogen and oxygen atoms in total. The van der Waals surface area contributed by atoms with Crippen molar-refractivity contribution in [2.45, 2.75) is 39.2 Å². The first-order valence-corrected chi connectivity index (χ1v) is 4.84. The first-order valence-electron chi connectivity index (χ1n) is 4.84. The quantitative estimate of drug-likeness (QED) is 0.782. The largest absolute Gasteiger partial charge is 0.481 e. The average molecular weight is 196 g/mol. The van der Waals surface area contributed by atoms with Crippen molar-refractivity contribution < 1.29 is 9.90 Å². The summed E-state index contributed by atoms with van der Waals surface area (Å²) in [6.07, 6.45) is 5.29. The van der Waals surface area contributed by atoms with Crippen LogP contribution >= 0.6 is 0 Å². The number of aryl methyl sites for hydroxylation is 1. The van der Waals surface area contributed by atoms with Gasteiger partial charge in [0.2, 0.25) is 0 Å². The number of aliphatic carboxylic acids is 1. The molecule has 0 atom stereocenters. The Bertz CT molecular complexity index is 305. The van der Waals surface area contributed by atoms with Gasteiger partial charge in [-0.05, 0) is 20.3 Å². The van der Waals surface area contributed by atoms with E-state index in [1.54, 1.807) is 6.20 Å². The number of nitrogens with zero attached hydrogens (tertiary/aromatic N) is 2. The molecule has 1 rings (SSSR count). The van der Waals surface area contributed by atoms with Crippen LogP contribution in [0.15, 0.2) is 12.4 Å². The minimum absolute atomic E-state index is 0.213. The van der Waals surface area contributed by atoms with Crippen molar-refractivity contribution in [3.63, 3.8) is 0 Å². The highest BCUT2D eigenvalue weighted by Gasteiger charge is 2.06. The molecular formula is C10H16N2O2. The molecule has 0 saturated carbocycles. The van der Waals surface area contributed by atoms with Gasteiger partial charge in [0, 0.05) is 31.3 Å². The molecule has 0 aromatic carbocycles. The number of imidazole rings is 1. The van der Waals surface area contributed by atoms with E-state index in [2.05, 4.69) is 23.4 Å². The highest BCUT2D eigenvalue weighted by molar-refractivity contribution is 5.66. The number of carbonyl (C=O) groups is 1. The summed E-state index contributed by atoms with van der Waals surface area (Å²) in [5, 5.41) is 8.49. The molecule has 4 heteroatoms. The summed E-state index contributed by atoms with van der Waals surface area (Å²) in [7, 11) is 0. The van der Waals surface area contributed by atoms with Gasteiger partial charge < -0.3 is 9.67 Å². The van der Waals surface area contributed by atoms with Crippen LogP contribution in [0.2, 0.25) is 0 Å². The first-order chi connectivity index (χ1) is 6.61. The molecule has 0 saturated heterocycles. The zero-order valence-electron chi connectivity index (χ0n) is 8.60. The zero-order chi connectivity index (χ0) is 10.6. The lowest BCUT2D eigenvalue weighted by atomic mass is 10.2. The summed E-state index contributed by atoms with van der Waals surface area (Å²) in [6, 6.07) is 0.386. The van der Waals surface area contributed by atoms with Gasteiger partial charge in [0.1, 0.15) is 5.82 Å². The molecule has 0 fully saturated rings. The molecule has 14 heavy (non-hydrogen) atoms. The smallest absolute Gasteiger partial charge is 0.303 e. The Morgan fingerprint density at radius 3 is 2.93 bits per heavy atom. The lowest BCUT2D eigenvalue weighted by Crippen LogP contribution is -2.06. The molecule has 0 amide bonds. The second-order valence-corrected chi connectivity index (χ2v) is 3.59. The lowest BCUT2D eigenvalue weighted by Gasteiger charge is -2.10. The van der Waals surface area contributed by atoms with E-state index in [4.69, 9.17) is 5.11 Å². The van der Waals surface area contributed by atoms with Gasteiger partial charge in [-0.2, -0.15) is 0 Å². The van der Waals surface area contributed by atoms with Crippen LogP contribution in [0.1, 0.15) is 38.6 Å². The fraction of sp³-hybridized carbons (Fsp3) is 0.600. The van der Waals surface area contributed by atoms with Crippen LogP contribution in [0.3, 0.4) is 0 Å². The van der Waals surface area contributed by atoms with E-state index in [1.165, 1.54) is 0 Å². The van der Waals surface area contributed by atoms with E-state index >= 15 is 0 Å². The van der Waals surface area contributed by atoms with Gasteiger partial charge in [0.25, 0.3) is 0 Å². The fourth-order valence-electron chi connectivity index (χ4n) is 1.41. The van der Waals surface area contributed by atoms with E-state index in [0.717, 1.165) is 12.2 Å². The molecular weight excluding hydrogens is 180 g/mol. The Kier molecular flexibility index (Phi) is 3.68. The second-order valence-electron chi connectivity index (χ2n) is 3.59. The van der Waals surface area contributed by atoms with Crippen LogP contribution in [-0.2, 0) is 11.2 Å². The lowest BCUT2D eigenvalue weighted by molar-refractivity contribution is -0.137. The average Bonchev–Trinajstić information content (AvgIpc) is 2.51. The van der Waals surface area contributed by atoms with Crippen molar-refractivity contribution >= 4 is 5.97 Å². The Balaban J connectivity index is 2.50. The maximum atomic E-state index is 10.3. The van der Waals surface area contributed by atoms with Crippen LogP contribution < -0.4 is 0 Å². The van der Waals surface area contributed by atoms with E-state index in [-0.39, 0.29) is 6.42 Å². The molecule has 0 bridgehead atoms. The Hall–Kier alpha value is -1.32. The van der Waals surface area contributed by atoms with Gasteiger partial charge in [-0.1, -0.05) is 0 Å². The summed E-state index contributed by atoms with van der Waals surface area (Å²) in [5.41, 5.74) is 0. The normalized spacial score (nSPS) is 10.8. The third-order valence-electron chi connectivity index (χ3n) is 2.10. The maximum absolute atomic E-state index is 10.3. The van der Waals surface area contributed by atoms with Crippen molar-refractivity contribution in [1.82, 2.24) is 9.55 Å². The molecule has 0 spiro atoms. The van der Waals surface area contributed by atoms with Crippen LogP contribution in [-0.4, -0.2) is 20.6 Å². The Labute approximate surface area is 83.6 Å². The standard InChI is InChI=1S/C10H16N2O2/c1-8(2)12-7-6-11-9(12)4-3-5-10(13)14/h6-8H,3-5H2,1-2H3,(H,13,14). The molecule has 1 N–H and O–H groups in total. The summed E-state index contributed by atoms with van der Waals surface area (Å²) in [5.74, 6) is 0.230. The molecule has 0 unspecified atom stereocenters. The monoisotopic (exact) mass is 196 g/mol. The minimum atomic E-state index is -0.743. The number of hydrogen-bond donors (Lipinski definition) is 1. The van der Waals surface area contributed by atoms with E-state index in [1.807, 2.05) is 6.20 Å². The van der Waals surface area contributed by atoms with Crippen molar-refractivity contribution in [1.29, 1.82) is 0 Å². The molecule has 1 aromatic rings. The summed E-state index contributed by atoms with van der Waals surface area (Å²) in [4.78, 5) is 14.5. The summed E-state index contributed by atoms with van der Waals surface area (Å²) >= 11 is 0. The Morgan fingerprint density at radius 1 is 1.64 bits per heavy atom. The predicted octanol–water partition coefficient (Wildman–Crippen LogP) is 1.87. The fourth-order valence-corrected chi connectivity index (χ4v) is 1.41. The molecule has 1 aromatic heterocycles. The summed E-state index contributed by atoms with van der Waals surface area (Å²) < 4.78 is 2.07. The number of carboxylic acid groups (broad SMARTS) is 1. The van der Waals surface area contributed by atoms with Crippen LogP contribution in [0.25, 0.3) is 0 Å². The van der Waals surface area contributed by atoms with Crippen molar-refractivity contribution in [2.75, 3.05) is 0 Å². The molecule has 0 aliphatic rings. The molecule has 78 valence electrons. The van der Waals surface area contributed by atoms with Crippen LogP contribution in [0.4, 0.5) is 0 Å². The van der Waals surface area contributed by atoms with Gasteiger partial charge in [-0.25, -0.2) is 4.98 Å². The van der Waals surface area contributed by atoms with E-state index < -0.39 is 5.97 Å². The number of hydrogen-bond acceptors (Lipinski definition) is 2. The first kappa shape index (κ1) is 10.8. The third-order valence-corrected chi connectivity index (χ3v) is 2.10. The van der Waals surface area contributed by atoms with Gasteiger partial charge in [0.15, 0.2) is 0 Å².